The predicted octanol–water partition coefficient (Wildman–Crippen LogP) is 1.58. The van der Waals surface area contributed by atoms with Crippen LogP contribution < -0.4 is 0 Å². The third-order valence-electron chi connectivity index (χ3n) is 3.55. The van der Waals surface area contributed by atoms with Crippen LogP contribution in [0.4, 0.5) is 0 Å². The molecule has 2 saturated heterocycles. The standard InChI is InChI=1S/C8H12O/c1-2-7-6-4-8(7,3-1)9-5-6/h6-7H,1-5H2. The summed E-state index contributed by atoms with van der Waals surface area (Å²) < 4.78 is 5.74. The van der Waals surface area contributed by atoms with E-state index in [9.17, 15) is 0 Å². The molecule has 0 radical (unpaired) electrons. The normalized spacial score (nSPS) is 61.3. The fraction of sp³-hybridized carbons (Fsp3) is 1.00. The van der Waals surface area contributed by atoms with Crippen LogP contribution in [-0.2, 0) is 4.74 Å². The fourth-order valence-corrected chi connectivity index (χ4v) is 3.10. The number of hydrogen-bond donors (Lipinski definition) is 0. The van der Waals surface area contributed by atoms with E-state index in [1.54, 1.807) is 0 Å². The first-order valence-corrected chi connectivity index (χ1v) is 4.05. The van der Waals surface area contributed by atoms with Crippen LogP contribution >= 0.6 is 0 Å². The van der Waals surface area contributed by atoms with E-state index in [-0.39, 0.29) is 0 Å². The van der Waals surface area contributed by atoms with E-state index in [1.807, 2.05) is 0 Å². The Morgan fingerprint density at radius 3 is 3.22 bits per heavy atom. The Balaban J connectivity index is 2.02. The van der Waals surface area contributed by atoms with Gasteiger partial charge >= 0.3 is 0 Å². The summed E-state index contributed by atoms with van der Waals surface area (Å²) in [6, 6.07) is 0. The highest BCUT2D eigenvalue weighted by Crippen LogP contribution is 2.61. The van der Waals surface area contributed by atoms with E-state index in [0.717, 1.165) is 18.4 Å². The first-order valence-electron chi connectivity index (χ1n) is 4.05. The van der Waals surface area contributed by atoms with Crippen LogP contribution in [0, 0.1) is 11.8 Å². The molecule has 4 fully saturated rings. The lowest BCUT2D eigenvalue weighted by Gasteiger charge is -2.39. The molecule has 2 bridgehead atoms. The van der Waals surface area contributed by atoms with E-state index in [4.69, 9.17) is 4.74 Å². The molecule has 9 heavy (non-hydrogen) atoms. The van der Waals surface area contributed by atoms with Gasteiger partial charge in [-0.15, -0.1) is 0 Å². The fourth-order valence-electron chi connectivity index (χ4n) is 3.10. The Kier molecular flexibility index (Phi) is 0.628. The van der Waals surface area contributed by atoms with Gasteiger partial charge in [-0.3, -0.25) is 0 Å². The summed E-state index contributed by atoms with van der Waals surface area (Å²) in [6.45, 7) is 1.09. The van der Waals surface area contributed by atoms with Crippen LogP contribution in [0.2, 0.25) is 0 Å². The molecule has 1 heteroatoms. The second-order valence-electron chi connectivity index (χ2n) is 3.84. The Bertz CT molecular complexity index is 145. The minimum absolute atomic E-state index is 0.449. The van der Waals surface area contributed by atoms with Crippen molar-refractivity contribution >= 4 is 0 Å². The zero-order chi connectivity index (χ0) is 5.90. The third kappa shape index (κ3) is 0.362. The highest BCUT2D eigenvalue weighted by Gasteiger charge is 2.62. The van der Waals surface area contributed by atoms with Crippen LogP contribution in [0.3, 0.4) is 0 Å². The van der Waals surface area contributed by atoms with Gasteiger partial charge in [0.15, 0.2) is 0 Å². The Labute approximate surface area is 55.4 Å². The van der Waals surface area contributed by atoms with Crippen molar-refractivity contribution in [2.75, 3.05) is 6.61 Å². The second kappa shape index (κ2) is 1.20. The number of ether oxygens (including phenoxy) is 1. The van der Waals surface area contributed by atoms with Gasteiger partial charge < -0.3 is 4.74 Å². The average molecular weight is 124 g/mol. The number of hydrogen-bond acceptors (Lipinski definition) is 1. The monoisotopic (exact) mass is 124 g/mol. The van der Waals surface area contributed by atoms with Crippen LogP contribution in [0.5, 0.6) is 0 Å². The topological polar surface area (TPSA) is 9.23 Å². The Morgan fingerprint density at radius 2 is 2.44 bits per heavy atom. The lowest BCUT2D eigenvalue weighted by molar-refractivity contribution is -0.0287. The highest BCUT2D eigenvalue weighted by atomic mass is 16.5. The molecule has 1 nitrogen and oxygen atoms in total. The molecule has 0 aromatic carbocycles. The second-order valence-corrected chi connectivity index (χ2v) is 3.84. The molecule has 0 aromatic heterocycles. The minimum atomic E-state index is 0.449. The SMILES string of the molecule is C1CC2C3COC2(C1)C3. The average Bonchev–Trinajstić information content (AvgIpc) is 2.37. The van der Waals surface area contributed by atoms with E-state index >= 15 is 0 Å². The van der Waals surface area contributed by atoms with E-state index in [2.05, 4.69) is 0 Å². The molecule has 0 amide bonds. The van der Waals surface area contributed by atoms with Gasteiger partial charge in [0.05, 0.1) is 12.2 Å². The van der Waals surface area contributed by atoms with Gasteiger partial charge in [0.1, 0.15) is 0 Å². The molecule has 0 N–H and O–H groups in total. The van der Waals surface area contributed by atoms with Crippen molar-refractivity contribution in [3.8, 4) is 0 Å². The van der Waals surface area contributed by atoms with Gasteiger partial charge in [-0.05, 0) is 31.1 Å². The molecule has 0 aromatic rings. The van der Waals surface area contributed by atoms with Crippen molar-refractivity contribution in [3.63, 3.8) is 0 Å². The third-order valence-corrected chi connectivity index (χ3v) is 3.55. The summed E-state index contributed by atoms with van der Waals surface area (Å²) >= 11 is 0. The summed E-state index contributed by atoms with van der Waals surface area (Å²) in [5.74, 6) is 1.98. The maximum Gasteiger partial charge on any atom is 0.0717 e. The lowest BCUT2D eigenvalue weighted by atomic mass is 9.66. The number of rotatable bonds is 0. The number of fused-ring (bicyclic) bond motifs is 1. The largest absolute Gasteiger partial charge is 0.374 e. The minimum Gasteiger partial charge on any atom is -0.374 e. The molecule has 4 aliphatic rings. The molecule has 4 rings (SSSR count). The lowest BCUT2D eigenvalue weighted by Crippen LogP contribution is -2.42. The summed E-state index contributed by atoms with van der Waals surface area (Å²) in [6.07, 6.45) is 5.66. The summed E-state index contributed by atoms with van der Waals surface area (Å²) in [5, 5.41) is 0. The van der Waals surface area contributed by atoms with Crippen molar-refractivity contribution < 1.29 is 4.74 Å². The molecule has 3 unspecified atom stereocenters. The predicted molar refractivity (Wildman–Crippen MR) is 34.1 cm³/mol. The highest BCUT2D eigenvalue weighted by molar-refractivity contribution is 5.11. The van der Waals surface area contributed by atoms with E-state index in [0.29, 0.717) is 5.60 Å². The zero-order valence-electron chi connectivity index (χ0n) is 5.60. The van der Waals surface area contributed by atoms with Crippen LogP contribution in [-0.4, -0.2) is 12.2 Å². The van der Waals surface area contributed by atoms with E-state index < -0.39 is 0 Å². The maximum absolute atomic E-state index is 5.74. The molecular weight excluding hydrogens is 112 g/mol. The van der Waals surface area contributed by atoms with Crippen molar-refractivity contribution in [1.82, 2.24) is 0 Å². The van der Waals surface area contributed by atoms with Crippen molar-refractivity contribution in [2.45, 2.75) is 31.3 Å². The van der Waals surface area contributed by atoms with E-state index in [1.165, 1.54) is 25.7 Å². The molecule has 50 valence electrons. The van der Waals surface area contributed by atoms with Gasteiger partial charge in [-0.25, -0.2) is 0 Å². The van der Waals surface area contributed by atoms with Gasteiger partial charge in [-0.1, -0.05) is 6.42 Å². The molecule has 1 spiro atoms. The van der Waals surface area contributed by atoms with Crippen LogP contribution in [0.15, 0.2) is 0 Å². The maximum atomic E-state index is 5.74. The summed E-state index contributed by atoms with van der Waals surface area (Å²) in [4.78, 5) is 0. The van der Waals surface area contributed by atoms with Gasteiger partial charge in [-0.2, -0.15) is 0 Å². The van der Waals surface area contributed by atoms with Gasteiger partial charge in [0.2, 0.25) is 0 Å². The Morgan fingerprint density at radius 1 is 1.44 bits per heavy atom. The molecule has 2 aliphatic heterocycles. The smallest absolute Gasteiger partial charge is 0.0717 e. The summed E-state index contributed by atoms with van der Waals surface area (Å²) in [5.41, 5.74) is 0.449. The van der Waals surface area contributed by atoms with Gasteiger partial charge in [0.25, 0.3) is 0 Å². The zero-order valence-corrected chi connectivity index (χ0v) is 5.60. The summed E-state index contributed by atoms with van der Waals surface area (Å²) in [7, 11) is 0. The first kappa shape index (κ1) is 4.73. The van der Waals surface area contributed by atoms with Gasteiger partial charge in [0, 0.05) is 0 Å². The Hall–Kier alpha value is -0.0400. The first-order chi connectivity index (χ1) is 4.41. The molecule has 2 heterocycles. The van der Waals surface area contributed by atoms with Crippen molar-refractivity contribution in [3.05, 3.63) is 0 Å². The quantitative estimate of drug-likeness (QED) is 0.476. The van der Waals surface area contributed by atoms with Crippen LogP contribution in [0.1, 0.15) is 25.7 Å². The van der Waals surface area contributed by atoms with Crippen molar-refractivity contribution in [1.29, 1.82) is 0 Å². The van der Waals surface area contributed by atoms with Crippen molar-refractivity contribution in [2.24, 2.45) is 11.8 Å². The molecule has 2 saturated carbocycles. The molecule has 3 atom stereocenters. The van der Waals surface area contributed by atoms with Crippen LogP contribution in [0.25, 0.3) is 0 Å². The molecular formula is C8H12O. The molecule has 2 aliphatic carbocycles.